The molecule has 0 aliphatic rings. The lowest BCUT2D eigenvalue weighted by Crippen LogP contribution is -2.15. The van der Waals surface area contributed by atoms with E-state index in [1.54, 1.807) is 36.4 Å². The van der Waals surface area contributed by atoms with Gasteiger partial charge in [0.05, 0.1) is 4.90 Å². The monoisotopic (exact) mass is 381 g/mol. The van der Waals surface area contributed by atoms with Crippen molar-refractivity contribution >= 4 is 27.4 Å². The first-order valence-corrected chi connectivity index (χ1v) is 9.76. The van der Waals surface area contributed by atoms with Crippen molar-refractivity contribution < 1.29 is 13.2 Å². The third kappa shape index (κ3) is 4.32. The highest BCUT2D eigenvalue weighted by Gasteiger charge is 2.15. The van der Waals surface area contributed by atoms with Crippen molar-refractivity contribution in [1.82, 2.24) is 4.98 Å². The number of carbonyl (C=O) groups excluding carboxylic acids is 1. The van der Waals surface area contributed by atoms with E-state index in [0.29, 0.717) is 11.3 Å². The normalized spacial score (nSPS) is 11.0. The Morgan fingerprint density at radius 1 is 0.926 bits per heavy atom. The van der Waals surface area contributed by atoms with E-state index in [2.05, 4.69) is 15.0 Å². The molecule has 7 heteroatoms. The van der Waals surface area contributed by atoms with Crippen LogP contribution >= 0.6 is 0 Å². The van der Waals surface area contributed by atoms with Crippen molar-refractivity contribution in [3.05, 3.63) is 83.6 Å². The summed E-state index contributed by atoms with van der Waals surface area (Å²) in [6.45, 7) is 3.84. The lowest BCUT2D eigenvalue weighted by atomic mass is 10.0. The maximum Gasteiger partial charge on any atom is 0.263 e. The number of benzene rings is 2. The minimum absolute atomic E-state index is 0.0814. The van der Waals surface area contributed by atoms with Crippen LogP contribution in [0.3, 0.4) is 0 Å². The summed E-state index contributed by atoms with van der Waals surface area (Å²) in [7, 11) is -3.75. The highest BCUT2D eigenvalue weighted by molar-refractivity contribution is 7.92. The predicted octanol–water partition coefficient (Wildman–Crippen LogP) is 3.75. The summed E-state index contributed by atoms with van der Waals surface area (Å²) in [6, 6.07) is 16.5. The van der Waals surface area contributed by atoms with Gasteiger partial charge in [-0.25, -0.2) is 13.4 Å². The fraction of sp³-hybridized carbons (Fsp3) is 0.100. The summed E-state index contributed by atoms with van der Waals surface area (Å²) < 4.78 is 27.2. The SMILES string of the molecule is Cc1cccc(C(=O)Nc2ccc(S(=O)(=O)Nc3ccccn3)cc2)c1C. The van der Waals surface area contributed by atoms with E-state index in [9.17, 15) is 13.2 Å². The van der Waals surface area contributed by atoms with E-state index in [-0.39, 0.29) is 16.6 Å². The summed E-state index contributed by atoms with van der Waals surface area (Å²) in [5, 5.41) is 2.79. The third-order valence-electron chi connectivity index (χ3n) is 4.18. The first-order valence-electron chi connectivity index (χ1n) is 8.28. The molecular weight excluding hydrogens is 362 g/mol. The second-order valence-corrected chi connectivity index (χ2v) is 7.73. The Bertz CT molecular complexity index is 1060. The summed E-state index contributed by atoms with van der Waals surface area (Å²) in [6.07, 6.45) is 1.50. The van der Waals surface area contributed by atoms with Gasteiger partial charge in [-0.15, -0.1) is 0 Å². The Kier molecular flexibility index (Phi) is 5.23. The predicted molar refractivity (Wildman–Crippen MR) is 105 cm³/mol. The number of carbonyl (C=O) groups is 1. The molecule has 3 rings (SSSR count). The molecule has 27 heavy (non-hydrogen) atoms. The summed E-state index contributed by atoms with van der Waals surface area (Å²) in [5.41, 5.74) is 3.04. The molecule has 0 unspecified atom stereocenters. The van der Waals surface area contributed by atoms with Crippen LogP contribution in [0, 0.1) is 13.8 Å². The van der Waals surface area contributed by atoms with Crippen LogP contribution in [0.1, 0.15) is 21.5 Å². The second-order valence-electron chi connectivity index (χ2n) is 6.05. The van der Waals surface area contributed by atoms with E-state index < -0.39 is 10.0 Å². The van der Waals surface area contributed by atoms with Crippen LogP contribution in [0.4, 0.5) is 11.5 Å². The van der Waals surface area contributed by atoms with Crippen molar-refractivity contribution in [2.24, 2.45) is 0 Å². The number of sulfonamides is 1. The summed E-state index contributed by atoms with van der Waals surface area (Å²) in [5.74, 6) is 0.00298. The van der Waals surface area contributed by atoms with Gasteiger partial charge in [-0.1, -0.05) is 18.2 Å². The van der Waals surface area contributed by atoms with E-state index >= 15 is 0 Å². The average Bonchev–Trinajstić information content (AvgIpc) is 2.65. The fourth-order valence-electron chi connectivity index (χ4n) is 2.53. The topological polar surface area (TPSA) is 88.2 Å². The number of nitrogens with one attached hydrogen (secondary N) is 2. The number of hydrogen-bond acceptors (Lipinski definition) is 4. The number of hydrogen-bond donors (Lipinski definition) is 2. The van der Waals surface area contributed by atoms with E-state index in [1.165, 1.54) is 18.3 Å². The number of aromatic nitrogens is 1. The zero-order valence-corrected chi connectivity index (χ0v) is 15.7. The number of amides is 1. The molecule has 6 nitrogen and oxygen atoms in total. The Morgan fingerprint density at radius 2 is 1.67 bits per heavy atom. The molecule has 2 aromatic carbocycles. The quantitative estimate of drug-likeness (QED) is 0.704. The Labute approximate surface area is 158 Å². The summed E-state index contributed by atoms with van der Waals surface area (Å²) >= 11 is 0. The van der Waals surface area contributed by atoms with Crippen LogP contribution in [0.5, 0.6) is 0 Å². The molecule has 2 N–H and O–H groups in total. The van der Waals surface area contributed by atoms with Crippen LogP contribution in [-0.4, -0.2) is 19.3 Å². The Hall–Kier alpha value is -3.19. The van der Waals surface area contributed by atoms with Gasteiger partial charge in [0, 0.05) is 17.4 Å². The molecule has 138 valence electrons. The van der Waals surface area contributed by atoms with Crippen LogP contribution < -0.4 is 10.0 Å². The molecule has 0 bridgehead atoms. The van der Waals surface area contributed by atoms with Crippen molar-refractivity contribution in [2.45, 2.75) is 18.7 Å². The maximum atomic E-state index is 12.5. The van der Waals surface area contributed by atoms with Gasteiger partial charge in [-0.3, -0.25) is 9.52 Å². The lowest BCUT2D eigenvalue weighted by Gasteiger charge is -2.11. The molecule has 1 aromatic heterocycles. The molecule has 0 radical (unpaired) electrons. The lowest BCUT2D eigenvalue weighted by molar-refractivity contribution is 0.102. The van der Waals surface area contributed by atoms with Gasteiger partial charge in [-0.2, -0.15) is 0 Å². The van der Waals surface area contributed by atoms with Crippen LogP contribution in [0.2, 0.25) is 0 Å². The molecular formula is C20H19N3O3S. The van der Waals surface area contributed by atoms with Crippen molar-refractivity contribution in [1.29, 1.82) is 0 Å². The molecule has 0 atom stereocenters. The van der Waals surface area contributed by atoms with Gasteiger partial charge in [0.15, 0.2) is 0 Å². The zero-order chi connectivity index (χ0) is 19.4. The van der Waals surface area contributed by atoms with Gasteiger partial charge < -0.3 is 5.32 Å². The number of nitrogens with zero attached hydrogens (tertiary/aromatic N) is 1. The largest absolute Gasteiger partial charge is 0.322 e. The minimum atomic E-state index is -3.75. The smallest absolute Gasteiger partial charge is 0.263 e. The third-order valence-corrected chi connectivity index (χ3v) is 5.55. The molecule has 0 spiro atoms. The Morgan fingerprint density at radius 3 is 2.33 bits per heavy atom. The van der Waals surface area contributed by atoms with Gasteiger partial charge in [0.1, 0.15) is 5.82 Å². The van der Waals surface area contributed by atoms with Crippen LogP contribution in [0.15, 0.2) is 71.8 Å². The van der Waals surface area contributed by atoms with E-state index in [1.807, 2.05) is 26.0 Å². The zero-order valence-electron chi connectivity index (χ0n) is 14.9. The highest BCUT2D eigenvalue weighted by atomic mass is 32.2. The molecule has 0 aliphatic heterocycles. The molecule has 0 saturated carbocycles. The first-order chi connectivity index (χ1) is 12.9. The molecule has 0 saturated heterocycles. The molecule has 0 aliphatic carbocycles. The standard InChI is InChI=1S/C20H19N3O3S/c1-14-6-5-7-18(15(14)2)20(24)22-16-9-11-17(12-10-16)27(25,26)23-19-8-3-4-13-21-19/h3-13H,1-2H3,(H,21,23)(H,22,24). The molecule has 0 fully saturated rings. The van der Waals surface area contributed by atoms with Gasteiger partial charge in [0.2, 0.25) is 0 Å². The van der Waals surface area contributed by atoms with Crippen molar-refractivity contribution in [3.63, 3.8) is 0 Å². The fourth-order valence-corrected chi connectivity index (χ4v) is 3.54. The molecule has 1 amide bonds. The van der Waals surface area contributed by atoms with Gasteiger partial charge in [0.25, 0.3) is 15.9 Å². The van der Waals surface area contributed by atoms with Crippen molar-refractivity contribution in [2.75, 3.05) is 10.0 Å². The Balaban J connectivity index is 1.75. The van der Waals surface area contributed by atoms with Crippen LogP contribution in [0.25, 0.3) is 0 Å². The molecule has 3 aromatic rings. The van der Waals surface area contributed by atoms with E-state index in [0.717, 1.165) is 11.1 Å². The average molecular weight is 381 g/mol. The number of pyridine rings is 1. The van der Waals surface area contributed by atoms with Crippen LogP contribution in [-0.2, 0) is 10.0 Å². The highest BCUT2D eigenvalue weighted by Crippen LogP contribution is 2.19. The maximum absolute atomic E-state index is 12.5. The number of rotatable bonds is 5. The van der Waals surface area contributed by atoms with Crippen molar-refractivity contribution in [3.8, 4) is 0 Å². The summed E-state index contributed by atoms with van der Waals surface area (Å²) in [4.78, 5) is 16.5. The molecule has 1 heterocycles. The minimum Gasteiger partial charge on any atom is -0.322 e. The first kappa shape index (κ1) is 18.6. The number of aryl methyl sites for hydroxylation is 1. The van der Waals surface area contributed by atoms with Gasteiger partial charge >= 0.3 is 0 Å². The van der Waals surface area contributed by atoms with Gasteiger partial charge in [-0.05, 0) is 67.4 Å². The second kappa shape index (κ2) is 7.59. The number of anilines is 2. The van der Waals surface area contributed by atoms with E-state index in [4.69, 9.17) is 0 Å².